The summed E-state index contributed by atoms with van der Waals surface area (Å²) < 4.78 is 27.1. The van der Waals surface area contributed by atoms with Crippen LogP contribution in [0.25, 0.3) is 0 Å². The molecule has 2 aromatic carbocycles. The summed E-state index contributed by atoms with van der Waals surface area (Å²) in [5.41, 5.74) is 0.451. The zero-order valence-corrected chi connectivity index (χ0v) is 11.4. The van der Waals surface area contributed by atoms with Crippen LogP contribution in [-0.2, 0) is 0 Å². The Balaban J connectivity index is 2.40. The van der Waals surface area contributed by atoms with Gasteiger partial charge in [-0.15, -0.1) is 0 Å². The topological polar surface area (TPSA) is 23.8 Å². The Labute approximate surface area is 116 Å². The lowest BCUT2D eigenvalue weighted by Crippen LogP contribution is -1.86. The van der Waals surface area contributed by atoms with Crippen LogP contribution in [0.15, 0.2) is 50.7 Å². The molecule has 0 spiro atoms. The van der Waals surface area contributed by atoms with Gasteiger partial charge >= 0.3 is 0 Å². The third-order valence-corrected chi connectivity index (χ3v) is 3.78. The Morgan fingerprint density at radius 3 is 2.50 bits per heavy atom. The van der Waals surface area contributed by atoms with Crippen molar-refractivity contribution in [1.29, 1.82) is 5.26 Å². The average Bonchev–Trinajstić information content (AvgIpc) is 2.33. The van der Waals surface area contributed by atoms with Crippen LogP contribution in [0.3, 0.4) is 0 Å². The molecule has 1 nitrogen and oxygen atoms in total. The van der Waals surface area contributed by atoms with Gasteiger partial charge in [-0.2, -0.15) is 5.26 Å². The molecule has 0 bridgehead atoms. The molecule has 0 fully saturated rings. The number of halogens is 3. The van der Waals surface area contributed by atoms with Crippen LogP contribution in [-0.4, -0.2) is 0 Å². The van der Waals surface area contributed by atoms with Crippen molar-refractivity contribution in [1.82, 2.24) is 0 Å². The highest BCUT2D eigenvalue weighted by atomic mass is 79.9. The van der Waals surface area contributed by atoms with E-state index in [2.05, 4.69) is 15.9 Å². The van der Waals surface area contributed by atoms with Crippen molar-refractivity contribution in [3.05, 3.63) is 58.1 Å². The summed E-state index contributed by atoms with van der Waals surface area (Å²) in [4.78, 5) is 0.906. The predicted molar refractivity (Wildman–Crippen MR) is 69.3 cm³/mol. The molecule has 0 radical (unpaired) electrons. The quantitative estimate of drug-likeness (QED) is 0.795. The smallest absolute Gasteiger partial charge is 0.140 e. The highest BCUT2D eigenvalue weighted by molar-refractivity contribution is 9.10. The molecule has 2 rings (SSSR count). The SMILES string of the molecule is N#Cc1ccc(Br)cc1Sc1ccc(F)cc1F. The number of benzene rings is 2. The third kappa shape index (κ3) is 2.89. The summed E-state index contributed by atoms with van der Waals surface area (Å²) in [5.74, 6) is -1.25. The van der Waals surface area contributed by atoms with Gasteiger partial charge in [-0.1, -0.05) is 27.7 Å². The second-order valence-electron chi connectivity index (χ2n) is 3.43. The maximum Gasteiger partial charge on any atom is 0.140 e. The number of hydrogen-bond acceptors (Lipinski definition) is 2. The Morgan fingerprint density at radius 1 is 1.06 bits per heavy atom. The van der Waals surface area contributed by atoms with Crippen LogP contribution < -0.4 is 0 Å². The molecule has 0 saturated carbocycles. The first-order valence-electron chi connectivity index (χ1n) is 4.92. The summed E-state index contributed by atoms with van der Waals surface area (Å²) in [6.45, 7) is 0. The molecule has 0 atom stereocenters. The Hall–Kier alpha value is -1.38. The molecule has 2 aromatic rings. The minimum Gasteiger partial charge on any atom is -0.207 e. The maximum absolute atomic E-state index is 13.5. The zero-order valence-electron chi connectivity index (χ0n) is 8.95. The zero-order chi connectivity index (χ0) is 13.1. The standard InChI is InChI=1S/C13H6BrF2NS/c14-9-2-1-8(7-17)13(5-9)18-12-4-3-10(15)6-11(12)16/h1-6H. The molecule has 0 aliphatic carbocycles. The third-order valence-electron chi connectivity index (χ3n) is 2.18. The van der Waals surface area contributed by atoms with Crippen molar-refractivity contribution in [3.8, 4) is 6.07 Å². The molecule has 0 aliphatic rings. The fraction of sp³-hybridized carbons (Fsp3) is 0. The summed E-state index contributed by atoms with van der Waals surface area (Å²) in [5, 5.41) is 8.97. The summed E-state index contributed by atoms with van der Waals surface area (Å²) in [7, 11) is 0. The summed E-state index contributed by atoms with van der Waals surface area (Å²) >= 11 is 4.39. The van der Waals surface area contributed by atoms with E-state index < -0.39 is 11.6 Å². The van der Waals surface area contributed by atoms with Crippen molar-refractivity contribution in [2.24, 2.45) is 0 Å². The van der Waals surface area contributed by atoms with E-state index in [1.165, 1.54) is 12.1 Å². The number of nitriles is 1. The molecule has 0 aliphatic heterocycles. The second-order valence-corrected chi connectivity index (χ2v) is 5.43. The minimum absolute atomic E-state index is 0.283. The maximum atomic E-state index is 13.5. The van der Waals surface area contributed by atoms with Crippen LogP contribution in [0.1, 0.15) is 5.56 Å². The molecule has 0 aromatic heterocycles. The van der Waals surface area contributed by atoms with Gasteiger partial charge < -0.3 is 0 Å². The first kappa shape index (κ1) is 13.1. The Bertz CT molecular complexity index is 637. The van der Waals surface area contributed by atoms with Crippen molar-refractivity contribution in [3.63, 3.8) is 0 Å². The van der Waals surface area contributed by atoms with E-state index in [0.717, 1.165) is 22.3 Å². The minimum atomic E-state index is -0.635. The van der Waals surface area contributed by atoms with Crippen LogP contribution in [0.2, 0.25) is 0 Å². The number of rotatable bonds is 2. The normalized spacial score (nSPS) is 10.1. The van der Waals surface area contributed by atoms with Gasteiger partial charge in [0.1, 0.15) is 17.7 Å². The molecule has 90 valence electrons. The molecule has 0 saturated heterocycles. The molecule has 5 heteroatoms. The van der Waals surface area contributed by atoms with Crippen molar-refractivity contribution >= 4 is 27.7 Å². The van der Waals surface area contributed by atoms with E-state index in [9.17, 15) is 8.78 Å². The fourth-order valence-corrected chi connectivity index (χ4v) is 2.80. The van der Waals surface area contributed by atoms with E-state index >= 15 is 0 Å². The van der Waals surface area contributed by atoms with Crippen molar-refractivity contribution < 1.29 is 8.78 Å². The van der Waals surface area contributed by atoms with E-state index in [-0.39, 0.29) is 4.90 Å². The first-order chi connectivity index (χ1) is 8.60. The lowest BCUT2D eigenvalue weighted by Gasteiger charge is -2.05. The summed E-state index contributed by atoms with van der Waals surface area (Å²) in [6, 6.07) is 10.5. The van der Waals surface area contributed by atoms with Crippen LogP contribution in [0.4, 0.5) is 8.78 Å². The summed E-state index contributed by atoms with van der Waals surface area (Å²) in [6.07, 6.45) is 0. The van der Waals surface area contributed by atoms with Gasteiger partial charge in [0.25, 0.3) is 0 Å². The second kappa shape index (κ2) is 5.51. The van der Waals surface area contributed by atoms with Gasteiger partial charge in [0.05, 0.1) is 5.56 Å². The van der Waals surface area contributed by atoms with Gasteiger partial charge in [-0.05, 0) is 30.3 Å². The van der Waals surface area contributed by atoms with Crippen LogP contribution >= 0.6 is 27.7 Å². The predicted octanol–water partition coefficient (Wildman–Crippen LogP) is 4.75. The van der Waals surface area contributed by atoms with Crippen LogP contribution in [0, 0.1) is 23.0 Å². The molecular formula is C13H6BrF2NS. The highest BCUT2D eigenvalue weighted by Gasteiger charge is 2.09. The monoisotopic (exact) mass is 325 g/mol. The first-order valence-corrected chi connectivity index (χ1v) is 6.53. The van der Waals surface area contributed by atoms with Gasteiger partial charge in [0.15, 0.2) is 0 Å². The molecular weight excluding hydrogens is 320 g/mol. The van der Waals surface area contributed by atoms with Gasteiger partial charge in [-0.3, -0.25) is 0 Å². The molecule has 0 N–H and O–H groups in total. The lowest BCUT2D eigenvalue weighted by atomic mass is 10.2. The van der Waals surface area contributed by atoms with Crippen LogP contribution in [0.5, 0.6) is 0 Å². The number of nitrogens with zero attached hydrogens (tertiary/aromatic N) is 1. The molecule has 0 heterocycles. The van der Waals surface area contributed by atoms with Gasteiger partial charge in [-0.25, -0.2) is 8.78 Å². The largest absolute Gasteiger partial charge is 0.207 e. The van der Waals surface area contributed by atoms with Gasteiger partial charge in [0.2, 0.25) is 0 Å². The van der Waals surface area contributed by atoms with E-state index in [0.29, 0.717) is 10.5 Å². The van der Waals surface area contributed by atoms with E-state index in [1.807, 2.05) is 6.07 Å². The van der Waals surface area contributed by atoms with E-state index in [1.54, 1.807) is 18.2 Å². The van der Waals surface area contributed by atoms with E-state index in [4.69, 9.17) is 5.26 Å². The number of hydrogen-bond donors (Lipinski definition) is 0. The Kier molecular flexibility index (Phi) is 4.00. The molecule has 0 amide bonds. The van der Waals surface area contributed by atoms with Gasteiger partial charge in [0, 0.05) is 20.3 Å². The highest BCUT2D eigenvalue weighted by Crippen LogP contribution is 2.33. The van der Waals surface area contributed by atoms with Crippen molar-refractivity contribution in [2.45, 2.75) is 9.79 Å². The average molecular weight is 326 g/mol. The van der Waals surface area contributed by atoms with Crippen molar-refractivity contribution in [2.75, 3.05) is 0 Å². The lowest BCUT2D eigenvalue weighted by molar-refractivity contribution is 0.565. The molecule has 18 heavy (non-hydrogen) atoms. The fourth-order valence-electron chi connectivity index (χ4n) is 1.35. The molecule has 0 unspecified atom stereocenters. The Morgan fingerprint density at radius 2 is 1.83 bits per heavy atom.